The van der Waals surface area contributed by atoms with Gasteiger partial charge in [-0.2, -0.15) is 9.61 Å². The predicted octanol–water partition coefficient (Wildman–Crippen LogP) is 2.71. The van der Waals surface area contributed by atoms with E-state index in [4.69, 9.17) is 20.2 Å². The maximum absolute atomic E-state index is 13.2. The van der Waals surface area contributed by atoms with Crippen molar-refractivity contribution >= 4 is 41.2 Å². The molecule has 2 amide bonds. The van der Waals surface area contributed by atoms with Crippen LogP contribution in [0.3, 0.4) is 0 Å². The van der Waals surface area contributed by atoms with E-state index in [1.165, 1.54) is 24.7 Å². The quantitative estimate of drug-likeness (QED) is 0.254. The Labute approximate surface area is 226 Å². The number of amides is 2. The number of aliphatic imine (C=N–C) groups is 1. The van der Waals surface area contributed by atoms with Gasteiger partial charge in [0.1, 0.15) is 5.75 Å². The number of anilines is 2. The normalized spacial score (nSPS) is 18.1. The van der Waals surface area contributed by atoms with Crippen molar-refractivity contribution in [2.24, 2.45) is 4.99 Å². The maximum atomic E-state index is 13.2. The third-order valence-corrected chi connectivity index (χ3v) is 6.85. The van der Waals surface area contributed by atoms with E-state index in [1.54, 1.807) is 55.5 Å². The first kappa shape index (κ1) is 27.6. The number of carbonyl (C=O) groups excluding carboxylic acids is 3. The van der Waals surface area contributed by atoms with Crippen molar-refractivity contribution in [1.29, 1.82) is 0 Å². The van der Waals surface area contributed by atoms with Crippen molar-refractivity contribution in [3.63, 3.8) is 0 Å². The van der Waals surface area contributed by atoms with Crippen LogP contribution >= 0.6 is 0 Å². The number of nitrogens with two attached hydrogens (primary N) is 1. The number of nitrogens with zero attached hydrogens (tertiary/aromatic N) is 5. The molecule has 0 aliphatic heterocycles. The van der Waals surface area contributed by atoms with Gasteiger partial charge in [0.15, 0.2) is 17.6 Å². The van der Waals surface area contributed by atoms with Gasteiger partial charge < -0.3 is 25.4 Å². The van der Waals surface area contributed by atoms with Crippen LogP contribution in [0.4, 0.5) is 11.5 Å². The maximum Gasteiger partial charge on any atom is 0.303 e. The molecule has 39 heavy (non-hydrogen) atoms. The second-order valence-corrected chi connectivity index (χ2v) is 9.51. The van der Waals surface area contributed by atoms with Crippen LogP contribution in [0.15, 0.2) is 41.7 Å². The highest BCUT2D eigenvalue weighted by molar-refractivity contribution is 6.07. The van der Waals surface area contributed by atoms with E-state index in [0.29, 0.717) is 34.0 Å². The minimum atomic E-state index is -0.809. The third kappa shape index (κ3) is 6.33. The molecule has 3 N–H and O–H groups in total. The van der Waals surface area contributed by atoms with Crippen molar-refractivity contribution in [3.05, 3.63) is 47.8 Å². The number of esters is 1. The monoisotopic (exact) mass is 535 g/mol. The summed E-state index contributed by atoms with van der Waals surface area (Å²) in [6.07, 6.45) is 7.13. The third-order valence-electron chi connectivity index (χ3n) is 6.85. The average Bonchev–Trinajstić information content (AvgIpc) is 3.33. The Kier molecular flexibility index (Phi) is 8.43. The summed E-state index contributed by atoms with van der Waals surface area (Å²) in [4.78, 5) is 47.5. The minimum absolute atomic E-state index is 0.0532. The van der Waals surface area contributed by atoms with Crippen molar-refractivity contribution < 1.29 is 23.9 Å². The Morgan fingerprint density at radius 3 is 2.69 bits per heavy atom. The van der Waals surface area contributed by atoms with Gasteiger partial charge >= 0.3 is 5.97 Å². The Morgan fingerprint density at radius 2 is 2.00 bits per heavy atom. The van der Waals surface area contributed by atoms with E-state index in [0.717, 1.165) is 25.7 Å². The number of hydrogen-bond acceptors (Lipinski definition) is 9. The highest BCUT2D eigenvalue weighted by Crippen LogP contribution is 2.28. The lowest BCUT2D eigenvalue weighted by atomic mass is 9.90. The van der Waals surface area contributed by atoms with Gasteiger partial charge in [0, 0.05) is 49.7 Å². The van der Waals surface area contributed by atoms with Crippen molar-refractivity contribution in [2.75, 3.05) is 25.2 Å². The molecular formula is C27H33N7O5. The molecule has 0 unspecified atom stereocenters. The lowest BCUT2D eigenvalue weighted by molar-refractivity contribution is -0.158. The molecule has 1 aliphatic carbocycles. The summed E-state index contributed by atoms with van der Waals surface area (Å²) in [5.74, 6) is -0.334. The van der Waals surface area contributed by atoms with Crippen LogP contribution in [0.2, 0.25) is 0 Å². The first-order valence-corrected chi connectivity index (χ1v) is 12.7. The van der Waals surface area contributed by atoms with Crippen LogP contribution in [0, 0.1) is 0 Å². The molecule has 3 aromatic rings. The molecule has 12 heteroatoms. The smallest absolute Gasteiger partial charge is 0.303 e. The highest BCUT2D eigenvalue weighted by atomic mass is 16.5. The molecule has 0 radical (unpaired) electrons. The van der Waals surface area contributed by atoms with Crippen LogP contribution in [-0.4, -0.2) is 75.8 Å². The number of likely N-dealkylation sites (N-methyl/N-ethyl adjacent to an activating group) is 1. The average molecular weight is 536 g/mol. The second-order valence-electron chi connectivity index (χ2n) is 9.51. The number of rotatable bonds is 8. The number of aromatic nitrogens is 3. The summed E-state index contributed by atoms with van der Waals surface area (Å²) >= 11 is 0. The van der Waals surface area contributed by atoms with Gasteiger partial charge in [-0.1, -0.05) is 0 Å². The molecule has 2 aromatic heterocycles. The molecule has 0 saturated heterocycles. The largest absolute Gasteiger partial charge is 0.496 e. The van der Waals surface area contributed by atoms with Gasteiger partial charge in [-0.15, -0.1) is 0 Å². The fourth-order valence-electron chi connectivity index (χ4n) is 4.71. The summed E-state index contributed by atoms with van der Waals surface area (Å²) in [6.45, 7) is 2.87. The standard InChI is InChI=1S/C27H33N7O5/c1-16(39-17(2)35)27(37)33(3)20-9-7-19(8-10-20)29-14-18-12-21(23(38-4)13-22(18)28)26(36)32-25-15-30-24-6-5-11-31-34(24)25/h5-6,11-16,19-20H,7-10,28H2,1-4H3,(H,32,36)/t16-,19?,20?/m0/s1. The summed E-state index contributed by atoms with van der Waals surface area (Å²) in [5.41, 5.74) is 8.18. The van der Waals surface area contributed by atoms with E-state index in [9.17, 15) is 14.4 Å². The predicted molar refractivity (Wildman–Crippen MR) is 146 cm³/mol. The Bertz CT molecular complexity index is 1390. The summed E-state index contributed by atoms with van der Waals surface area (Å²) in [6, 6.07) is 6.91. The SMILES string of the molecule is COc1cc(N)c(C=NC2CCC(N(C)C(=O)[C@H](C)OC(C)=O)CC2)cc1C(=O)Nc1cnc2cccnn12. The van der Waals surface area contributed by atoms with Gasteiger partial charge in [0.25, 0.3) is 11.8 Å². The minimum Gasteiger partial charge on any atom is -0.496 e. The Balaban J connectivity index is 1.42. The van der Waals surface area contributed by atoms with Crippen molar-refractivity contribution in [3.8, 4) is 5.75 Å². The second kappa shape index (κ2) is 11.9. The number of ether oxygens (including phenoxy) is 2. The van der Waals surface area contributed by atoms with Crippen molar-refractivity contribution in [2.45, 2.75) is 57.7 Å². The molecule has 1 atom stereocenters. The first-order chi connectivity index (χ1) is 18.7. The number of fused-ring (bicyclic) bond motifs is 1. The summed E-state index contributed by atoms with van der Waals surface area (Å²) in [7, 11) is 3.21. The van der Waals surface area contributed by atoms with E-state index in [2.05, 4.69) is 15.4 Å². The molecule has 0 spiro atoms. The van der Waals surface area contributed by atoms with Gasteiger partial charge in [0.2, 0.25) is 0 Å². The Hall–Kier alpha value is -4.48. The van der Waals surface area contributed by atoms with Gasteiger partial charge in [0.05, 0.1) is 24.9 Å². The van der Waals surface area contributed by atoms with Gasteiger partial charge in [-0.25, -0.2) is 4.98 Å². The molecule has 1 aromatic carbocycles. The Morgan fingerprint density at radius 1 is 1.26 bits per heavy atom. The zero-order chi connectivity index (χ0) is 28.1. The number of methoxy groups -OCH3 is 1. The lowest BCUT2D eigenvalue weighted by Crippen LogP contribution is -2.45. The molecule has 1 saturated carbocycles. The van der Waals surface area contributed by atoms with Gasteiger partial charge in [-0.05, 0) is 50.8 Å². The zero-order valence-corrected chi connectivity index (χ0v) is 22.5. The summed E-state index contributed by atoms with van der Waals surface area (Å²) in [5, 5.41) is 7.04. The van der Waals surface area contributed by atoms with Gasteiger partial charge in [-0.3, -0.25) is 19.4 Å². The summed E-state index contributed by atoms with van der Waals surface area (Å²) < 4.78 is 12.0. The number of benzene rings is 1. The molecule has 2 heterocycles. The molecule has 4 rings (SSSR count). The molecule has 12 nitrogen and oxygen atoms in total. The number of imidazole rings is 1. The number of carbonyl (C=O) groups is 3. The zero-order valence-electron chi connectivity index (χ0n) is 22.5. The van der Waals surface area contributed by atoms with Crippen LogP contribution in [0.1, 0.15) is 55.5 Å². The molecular weight excluding hydrogens is 502 g/mol. The van der Waals surface area contributed by atoms with E-state index in [-0.39, 0.29) is 18.0 Å². The van der Waals surface area contributed by atoms with E-state index in [1.807, 2.05) is 0 Å². The topological polar surface area (TPSA) is 154 Å². The number of hydrogen-bond donors (Lipinski definition) is 2. The van der Waals surface area contributed by atoms with E-state index >= 15 is 0 Å². The van der Waals surface area contributed by atoms with Crippen molar-refractivity contribution in [1.82, 2.24) is 19.5 Å². The van der Waals surface area contributed by atoms with Crippen LogP contribution < -0.4 is 15.8 Å². The fourth-order valence-corrected chi connectivity index (χ4v) is 4.71. The lowest BCUT2D eigenvalue weighted by Gasteiger charge is -2.34. The number of nitrogens with one attached hydrogen (secondary N) is 1. The molecule has 1 aliphatic rings. The highest BCUT2D eigenvalue weighted by Gasteiger charge is 2.29. The van der Waals surface area contributed by atoms with Crippen LogP contribution in [0.25, 0.3) is 5.65 Å². The molecule has 206 valence electrons. The van der Waals surface area contributed by atoms with Crippen LogP contribution in [-0.2, 0) is 14.3 Å². The van der Waals surface area contributed by atoms with E-state index < -0.39 is 18.0 Å². The molecule has 0 bridgehead atoms. The molecule has 1 fully saturated rings. The fraction of sp³-hybridized carbons (Fsp3) is 0.407. The van der Waals surface area contributed by atoms with Crippen LogP contribution in [0.5, 0.6) is 5.75 Å². The number of nitrogen functional groups attached to an aromatic ring is 1. The first-order valence-electron chi connectivity index (χ1n) is 12.7.